The SMILES string of the molecule is CCN(CC)C(=O)C1CCCN(Cc2ccc3c(c2)CN(Cc2ccc(OC)cc2OC)CCO3)C1. The first-order chi connectivity index (χ1) is 17.5. The summed E-state index contributed by atoms with van der Waals surface area (Å²) >= 11 is 0. The van der Waals surface area contributed by atoms with Gasteiger partial charge in [0.2, 0.25) is 5.91 Å². The van der Waals surface area contributed by atoms with Gasteiger partial charge in [0.25, 0.3) is 0 Å². The summed E-state index contributed by atoms with van der Waals surface area (Å²) in [4.78, 5) is 19.7. The smallest absolute Gasteiger partial charge is 0.226 e. The predicted octanol–water partition coefficient (Wildman–Crippen LogP) is 4.18. The van der Waals surface area contributed by atoms with Crippen LogP contribution in [0.5, 0.6) is 17.2 Å². The monoisotopic (exact) mass is 495 g/mol. The van der Waals surface area contributed by atoms with E-state index >= 15 is 0 Å². The minimum absolute atomic E-state index is 0.109. The molecule has 2 aromatic rings. The van der Waals surface area contributed by atoms with Crippen molar-refractivity contribution in [3.63, 3.8) is 0 Å². The van der Waals surface area contributed by atoms with Crippen LogP contribution in [0.3, 0.4) is 0 Å². The van der Waals surface area contributed by atoms with E-state index < -0.39 is 0 Å². The summed E-state index contributed by atoms with van der Waals surface area (Å²) in [6, 6.07) is 12.6. The summed E-state index contributed by atoms with van der Waals surface area (Å²) in [5.74, 6) is 3.02. The highest BCUT2D eigenvalue weighted by Gasteiger charge is 2.28. The molecule has 0 aliphatic carbocycles. The van der Waals surface area contributed by atoms with Crippen molar-refractivity contribution in [2.24, 2.45) is 5.92 Å². The van der Waals surface area contributed by atoms with Crippen LogP contribution in [0.1, 0.15) is 43.4 Å². The van der Waals surface area contributed by atoms with Crippen LogP contribution in [0.25, 0.3) is 0 Å². The lowest BCUT2D eigenvalue weighted by molar-refractivity contribution is -0.137. The van der Waals surface area contributed by atoms with Gasteiger partial charge in [0.15, 0.2) is 0 Å². The minimum atomic E-state index is 0.109. The number of piperidine rings is 1. The number of carbonyl (C=O) groups excluding carboxylic acids is 1. The molecule has 2 aromatic carbocycles. The van der Waals surface area contributed by atoms with Crippen molar-refractivity contribution in [3.05, 3.63) is 53.1 Å². The minimum Gasteiger partial charge on any atom is -0.497 e. The molecule has 7 nitrogen and oxygen atoms in total. The van der Waals surface area contributed by atoms with Gasteiger partial charge in [0.05, 0.1) is 20.1 Å². The molecule has 0 aromatic heterocycles. The average molecular weight is 496 g/mol. The first-order valence-corrected chi connectivity index (χ1v) is 13.2. The van der Waals surface area contributed by atoms with Crippen LogP contribution in [0.4, 0.5) is 0 Å². The topological polar surface area (TPSA) is 54.5 Å². The molecular formula is C29H41N3O4. The van der Waals surface area contributed by atoms with E-state index in [0.29, 0.717) is 12.5 Å². The number of carbonyl (C=O) groups is 1. The van der Waals surface area contributed by atoms with Gasteiger partial charge in [-0.05, 0) is 57.0 Å². The van der Waals surface area contributed by atoms with Gasteiger partial charge in [0.1, 0.15) is 23.9 Å². The van der Waals surface area contributed by atoms with Crippen molar-refractivity contribution in [1.82, 2.24) is 14.7 Å². The number of hydrogen-bond acceptors (Lipinski definition) is 6. The van der Waals surface area contributed by atoms with Gasteiger partial charge in [-0.3, -0.25) is 14.6 Å². The lowest BCUT2D eigenvalue weighted by atomic mass is 9.95. The Balaban J connectivity index is 1.43. The Bertz CT molecular complexity index is 1020. The summed E-state index contributed by atoms with van der Waals surface area (Å²) in [5.41, 5.74) is 3.62. The van der Waals surface area contributed by atoms with Crippen LogP contribution in [0, 0.1) is 5.92 Å². The van der Waals surface area contributed by atoms with Crippen LogP contribution in [0.2, 0.25) is 0 Å². The summed E-state index contributed by atoms with van der Waals surface area (Å²) < 4.78 is 17.1. The summed E-state index contributed by atoms with van der Waals surface area (Å²) in [6.45, 7) is 11.6. The normalized spacial score (nSPS) is 18.6. The van der Waals surface area contributed by atoms with E-state index in [2.05, 4.69) is 47.9 Å². The Morgan fingerprint density at radius 1 is 1.03 bits per heavy atom. The fourth-order valence-electron chi connectivity index (χ4n) is 5.41. The van der Waals surface area contributed by atoms with Gasteiger partial charge < -0.3 is 19.1 Å². The largest absolute Gasteiger partial charge is 0.497 e. The van der Waals surface area contributed by atoms with Gasteiger partial charge in [0, 0.05) is 63.0 Å². The second kappa shape index (κ2) is 12.5. The third kappa shape index (κ3) is 6.31. The highest BCUT2D eigenvalue weighted by atomic mass is 16.5. The second-order valence-corrected chi connectivity index (χ2v) is 9.76. The van der Waals surface area contributed by atoms with Crippen LogP contribution in [-0.4, -0.2) is 74.2 Å². The van der Waals surface area contributed by atoms with Crippen molar-refractivity contribution in [1.29, 1.82) is 0 Å². The molecule has 1 amide bonds. The highest BCUT2D eigenvalue weighted by molar-refractivity contribution is 5.79. The molecule has 0 radical (unpaired) electrons. The molecule has 2 heterocycles. The Labute approximate surface area is 215 Å². The molecule has 1 atom stereocenters. The van der Waals surface area contributed by atoms with Gasteiger partial charge in [-0.2, -0.15) is 0 Å². The van der Waals surface area contributed by atoms with Gasteiger partial charge in [-0.15, -0.1) is 0 Å². The van der Waals surface area contributed by atoms with Gasteiger partial charge >= 0.3 is 0 Å². The fraction of sp³-hybridized carbons (Fsp3) is 0.552. The Hall–Kier alpha value is -2.77. The first kappa shape index (κ1) is 26.3. The van der Waals surface area contributed by atoms with E-state index in [1.54, 1.807) is 14.2 Å². The number of fused-ring (bicyclic) bond motifs is 1. The predicted molar refractivity (Wildman–Crippen MR) is 142 cm³/mol. The number of hydrogen-bond donors (Lipinski definition) is 0. The van der Waals surface area contributed by atoms with Gasteiger partial charge in [-0.25, -0.2) is 0 Å². The first-order valence-electron chi connectivity index (χ1n) is 13.2. The summed E-state index contributed by atoms with van der Waals surface area (Å²) in [5, 5.41) is 0. The third-order valence-electron chi connectivity index (χ3n) is 7.41. The number of ether oxygens (including phenoxy) is 3. The molecule has 1 unspecified atom stereocenters. The van der Waals surface area contributed by atoms with Crippen LogP contribution in [-0.2, 0) is 24.4 Å². The zero-order valence-electron chi connectivity index (χ0n) is 22.3. The number of rotatable bonds is 9. The molecule has 0 saturated carbocycles. The lowest BCUT2D eigenvalue weighted by Crippen LogP contribution is -2.44. The zero-order chi connectivity index (χ0) is 25.5. The van der Waals surface area contributed by atoms with Crippen LogP contribution >= 0.6 is 0 Å². The van der Waals surface area contributed by atoms with Crippen molar-refractivity contribution >= 4 is 5.91 Å². The number of nitrogens with zero attached hydrogens (tertiary/aromatic N) is 3. The number of benzene rings is 2. The standard InChI is InChI=1S/C29H41N3O4/c1-5-32(6-2)29(33)24-8-7-13-30(20-24)18-22-9-12-27-25(16-22)21-31(14-15-36-27)19-23-10-11-26(34-3)17-28(23)35-4/h9-12,16-17,24H,5-8,13-15,18-21H2,1-4H3. The molecule has 1 saturated heterocycles. The van der Waals surface area contributed by atoms with E-state index in [9.17, 15) is 4.79 Å². The molecule has 7 heteroatoms. The van der Waals surface area contributed by atoms with Crippen LogP contribution < -0.4 is 14.2 Å². The van der Waals surface area contributed by atoms with Crippen molar-refractivity contribution in [3.8, 4) is 17.2 Å². The van der Waals surface area contributed by atoms with E-state index in [0.717, 1.165) is 88.0 Å². The van der Waals surface area contributed by atoms with Crippen molar-refractivity contribution in [2.45, 2.75) is 46.3 Å². The molecular weight excluding hydrogens is 454 g/mol. The molecule has 0 spiro atoms. The van der Waals surface area contributed by atoms with E-state index in [1.807, 2.05) is 17.0 Å². The summed E-state index contributed by atoms with van der Waals surface area (Å²) in [7, 11) is 3.37. The molecule has 2 aliphatic heterocycles. The molecule has 4 rings (SSSR count). The Morgan fingerprint density at radius 2 is 1.86 bits per heavy atom. The lowest BCUT2D eigenvalue weighted by Gasteiger charge is -2.34. The molecule has 1 fully saturated rings. The maximum atomic E-state index is 12.9. The van der Waals surface area contributed by atoms with E-state index in [-0.39, 0.29) is 5.92 Å². The number of amides is 1. The fourth-order valence-corrected chi connectivity index (χ4v) is 5.41. The molecule has 36 heavy (non-hydrogen) atoms. The van der Waals surface area contributed by atoms with Crippen LogP contribution in [0.15, 0.2) is 36.4 Å². The molecule has 2 aliphatic rings. The van der Waals surface area contributed by atoms with Gasteiger partial charge in [-0.1, -0.05) is 12.1 Å². The zero-order valence-corrected chi connectivity index (χ0v) is 22.3. The Kier molecular flexibility index (Phi) is 9.10. The average Bonchev–Trinajstić information content (AvgIpc) is 3.11. The Morgan fingerprint density at radius 3 is 2.61 bits per heavy atom. The van der Waals surface area contributed by atoms with Crippen molar-refractivity contribution < 1.29 is 19.0 Å². The quantitative estimate of drug-likeness (QED) is 0.520. The van der Waals surface area contributed by atoms with E-state index in [4.69, 9.17) is 14.2 Å². The highest BCUT2D eigenvalue weighted by Crippen LogP contribution is 2.30. The third-order valence-corrected chi connectivity index (χ3v) is 7.41. The second-order valence-electron chi connectivity index (χ2n) is 9.76. The molecule has 0 N–H and O–H groups in total. The summed E-state index contributed by atoms with van der Waals surface area (Å²) in [6.07, 6.45) is 2.07. The molecule has 196 valence electrons. The number of likely N-dealkylation sites (tertiary alicyclic amines) is 1. The molecule has 0 bridgehead atoms. The van der Waals surface area contributed by atoms with E-state index in [1.165, 1.54) is 11.1 Å². The van der Waals surface area contributed by atoms with Crippen molar-refractivity contribution in [2.75, 3.05) is 53.6 Å². The maximum absolute atomic E-state index is 12.9. The number of methoxy groups -OCH3 is 2. The maximum Gasteiger partial charge on any atom is 0.226 e.